The normalized spacial score (nSPS) is 10.5. The second-order valence-electron chi connectivity index (χ2n) is 7.07. The summed E-state index contributed by atoms with van der Waals surface area (Å²) in [6.45, 7) is 6.29. The standard InChI is InChI=1S/C24H24N2O4S/c1-4-30-23-12-8-18(13-19(23)15-31-21-10-5-16(2)6-11-21)24(27)25-22-14-20(26(28)29)9-7-17(22)3/h5-14H,4,15H2,1-3H3,(H,25,27). The minimum absolute atomic E-state index is 0.0669. The van der Waals surface area contributed by atoms with Crippen molar-refractivity contribution in [2.45, 2.75) is 31.4 Å². The number of rotatable bonds is 8. The van der Waals surface area contributed by atoms with Gasteiger partial charge in [-0.1, -0.05) is 23.8 Å². The maximum atomic E-state index is 12.9. The van der Waals surface area contributed by atoms with E-state index >= 15 is 0 Å². The Bertz CT molecular complexity index is 1100. The largest absolute Gasteiger partial charge is 0.494 e. The van der Waals surface area contributed by atoms with Crippen LogP contribution in [0.4, 0.5) is 11.4 Å². The highest BCUT2D eigenvalue weighted by Crippen LogP contribution is 2.30. The van der Waals surface area contributed by atoms with Gasteiger partial charge in [-0.15, -0.1) is 11.8 Å². The van der Waals surface area contributed by atoms with Gasteiger partial charge in [0.25, 0.3) is 11.6 Å². The highest BCUT2D eigenvalue weighted by atomic mass is 32.2. The molecule has 0 atom stereocenters. The summed E-state index contributed by atoms with van der Waals surface area (Å²) in [7, 11) is 0. The number of amides is 1. The molecule has 3 rings (SSSR count). The van der Waals surface area contributed by atoms with Gasteiger partial charge in [-0.25, -0.2) is 0 Å². The van der Waals surface area contributed by atoms with Gasteiger partial charge in [0.1, 0.15) is 5.75 Å². The monoisotopic (exact) mass is 436 g/mol. The van der Waals surface area contributed by atoms with Crippen molar-refractivity contribution in [3.05, 3.63) is 93.0 Å². The molecule has 0 radical (unpaired) electrons. The van der Waals surface area contributed by atoms with Crippen LogP contribution in [0.3, 0.4) is 0 Å². The number of nitro benzene ring substituents is 1. The van der Waals surface area contributed by atoms with E-state index < -0.39 is 4.92 Å². The summed E-state index contributed by atoms with van der Waals surface area (Å²) >= 11 is 1.67. The third kappa shape index (κ3) is 5.86. The van der Waals surface area contributed by atoms with Crippen LogP contribution in [-0.2, 0) is 5.75 Å². The average molecular weight is 437 g/mol. The van der Waals surface area contributed by atoms with Crippen LogP contribution >= 0.6 is 11.8 Å². The molecule has 0 aliphatic rings. The Morgan fingerprint density at radius 1 is 1.06 bits per heavy atom. The molecule has 0 spiro atoms. The first-order valence-corrected chi connectivity index (χ1v) is 10.9. The van der Waals surface area contributed by atoms with Crippen LogP contribution in [-0.4, -0.2) is 17.4 Å². The number of non-ortho nitro benzene ring substituents is 1. The number of benzene rings is 3. The van der Waals surface area contributed by atoms with Crippen LogP contribution < -0.4 is 10.1 Å². The molecule has 0 bridgehead atoms. The molecule has 0 saturated heterocycles. The van der Waals surface area contributed by atoms with E-state index in [1.54, 1.807) is 36.9 Å². The second kappa shape index (κ2) is 10.1. The van der Waals surface area contributed by atoms with E-state index in [4.69, 9.17) is 4.74 Å². The first-order valence-electron chi connectivity index (χ1n) is 9.89. The zero-order valence-corrected chi connectivity index (χ0v) is 18.5. The number of hydrogen-bond donors (Lipinski definition) is 1. The molecule has 0 aromatic heterocycles. The molecule has 1 N–H and O–H groups in total. The molecule has 3 aromatic carbocycles. The third-order valence-electron chi connectivity index (χ3n) is 4.72. The number of ether oxygens (including phenoxy) is 1. The van der Waals surface area contributed by atoms with Crippen LogP contribution in [0.25, 0.3) is 0 Å². The van der Waals surface area contributed by atoms with Gasteiger partial charge >= 0.3 is 0 Å². The molecule has 1 amide bonds. The van der Waals surface area contributed by atoms with Gasteiger partial charge in [0, 0.05) is 33.9 Å². The highest BCUT2D eigenvalue weighted by Gasteiger charge is 2.15. The number of nitrogens with zero attached hydrogens (tertiary/aromatic N) is 1. The fraction of sp³-hybridized carbons (Fsp3) is 0.208. The van der Waals surface area contributed by atoms with E-state index in [0.29, 0.717) is 23.6 Å². The summed E-state index contributed by atoms with van der Waals surface area (Å²) in [5.41, 5.74) is 3.69. The van der Waals surface area contributed by atoms with Gasteiger partial charge in [-0.05, 0) is 56.7 Å². The van der Waals surface area contributed by atoms with Crippen molar-refractivity contribution >= 4 is 29.0 Å². The molecule has 3 aromatic rings. The number of thioether (sulfide) groups is 1. The smallest absolute Gasteiger partial charge is 0.271 e. The van der Waals surface area contributed by atoms with Gasteiger partial charge in [-0.3, -0.25) is 14.9 Å². The molecular weight excluding hydrogens is 412 g/mol. The molecular formula is C24H24N2O4S. The Hall–Kier alpha value is -3.32. The number of aryl methyl sites for hydroxylation is 2. The lowest BCUT2D eigenvalue weighted by Gasteiger charge is -2.13. The number of hydrogen-bond acceptors (Lipinski definition) is 5. The number of carbonyl (C=O) groups is 1. The lowest BCUT2D eigenvalue weighted by atomic mass is 10.1. The molecule has 7 heteroatoms. The van der Waals surface area contributed by atoms with Crippen LogP contribution in [0.1, 0.15) is 34.0 Å². The van der Waals surface area contributed by atoms with Gasteiger partial charge in [0.2, 0.25) is 0 Å². The van der Waals surface area contributed by atoms with E-state index in [1.807, 2.05) is 19.9 Å². The van der Waals surface area contributed by atoms with Crippen molar-refractivity contribution in [3.63, 3.8) is 0 Å². The van der Waals surface area contributed by atoms with E-state index in [0.717, 1.165) is 21.8 Å². The summed E-state index contributed by atoms with van der Waals surface area (Å²) < 4.78 is 5.74. The summed E-state index contributed by atoms with van der Waals surface area (Å²) in [6, 6.07) is 18.0. The lowest BCUT2D eigenvalue weighted by molar-refractivity contribution is -0.384. The molecule has 0 fully saturated rings. The molecule has 6 nitrogen and oxygen atoms in total. The van der Waals surface area contributed by atoms with E-state index in [2.05, 4.69) is 29.6 Å². The molecule has 0 heterocycles. The molecule has 0 saturated carbocycles. The van der Waals surface area contributed by atoms with Crippen LogP contribution in [0.15, 0.2) is 65.6 Å². The first kappa shape index (κ1) is 22.4. The number of anilines is 1. The molecule has 31 heavy (non-hydrogen) atoms. The van der Waals surface area contributed by atoms with Crippen LogP contribution in [0.5, 0.6) is 5.75 Å². The maximum absolute atomic E-state index is 12.9. The third-order valence-corrected chi connectivity index (χ3v) is 5.78. The van der Waals surface area contributed by atoms with Gasteiger partial charge in [0.15, 0.2) is 0 Å². The van der Waals surface area contributed by atoms with Crippen molar-refractivity contribution in [2.75, 3.05) is 11.9 Å². The van der Waals surface area contributed by atoms with Gasteiger partial charge < -0.3 is 10.1 Å². The topological polar surface area (TPSA) is 81.5 Å². The van der Waals surface area contributed by atoms with Gasteiger partial charge in [0.05, 0.1) is 17.2 Å². The Balaban J connectivity index is 1.81. The number of nitro groups is 1. The Morgan fingerprint density at radius 3 is 2.48 bits per heavy atom. The molecule has 0 unspecified atom stereocenters. The highest BCUT2D eigenvalue weighted by molar-refractivity contribution is 7.98. The predicted molar refractivity (Wildman–Crippen MR) is 124 cm³/mol. The van der Waals surface area contributed by atoms with E-state index in [-0.39, 0.29) is 11.6 Å². The minimum Gasteiger partial charge on any atom is -0.494 e. The zero-order chi connectivity index (χ0) is 22.4. The predicted octanol–water partition coefficient (Wildman–Crippen LogP) is 6.15. The van der Waals surface area contributed by atoms with Crippen LogP contribution in [0, 0.1) is 24.0 Å². The van der Waals surface area contributed by atoms with Crippen molar-refractivity contribution in [1.82, 2.24) is 0 Å². The second-order valence-corrected chi connectivity index (χ2v) is 8.12. The van der Waals surface area contributed by atoms with Crippen molar-refractivity contribution < 1.29 is 14.5 Å². The summed E-state index contributed by atoms with van der Waals surface area (Å²) in [5, 5.41) is 13.8. The van der Waals surface area contributed by atoms with E-state index in [9.17, 15) is 14.9 Å². The minimum atomic E-state index is -0.480. The Kier molecular flexibility index (Phi) is 7.31. The Morgan fingerprint density at radius 2 is 1.81 bits per heavy atom. The SMILES string of the molecule is CCOc1ccc(C(=O)Nc2cc([N+](=O)[O-])ccc2C)cc1CSc1ccc(C)cc1. The zero-order valence-electron chi connectivity index (χ0n) is 17.7. The van der Waals surface area contributed by atoms with Crippen molar-refractivity contribution in [1.29, 1.82) is 0 Å². The van der Waals surface area contributed by atoms with Crippen molar-refractivity contribution in [3.8, 4) is 5.75 Å². The quantitative estimate of drug-likeness (QED) is 0.260. The molecule has 0 aliphatic carbocycles. The number of nitrogens with one attached hydrogen (secondary N) is 1. The maximum Gasteiger partial charge on any atom is 0.271 e. The van der Waals surface area contributed by atoms with Gasteiger partial charge in [-0.2, -0.15) is 0 Å². The average Bonchev–Trinajstić information content (AvgIpc) is 2.75. The van der Waals surface area contributed by atoms with Crippen molar-refractivity contribution in [2.24, 2.45) is 0 Å². The lowest BCUT2D eigenvalue weighted by Crippen LogP contribution is -2.13. The first-order chi connectivity index (χ1) is 14.9. The number of carbonyl (C=O) groups excluding carboxylic acids is 1. The molecule has 160 valence electrons. The molecule has 0 aliphatic heterocycles. The fourth-order valence-electron chi connectivity index (χ4n) is 2.98. The van der Waals surface area contributed by atoms with Crippen LogP contribution in [0.2, 0.25) is 0 Å². The Labute approximate surface area is 185 Å². The summed E-state index contributed by atoms with van der Waals surface area (Å²) in [5.74, 6) is 1.06. The fourth-order valence-corrected chi connectivity index (χ4v) is 3.85. The van der Waals surface area contributed by atoms with E-state index in [1.165, 1.54) is 17.7 Å². The summed E-state index contributed by atoms with van der Waals surface area (Å²) in [4.78, 5) is 24.6. The summed E-state index contributed by atoms with van der Waals surface area (Å²) in [6.07, 6.45) is 0.